The summed E-state index contributed by atoms with van der Waals surface area (Å²) in [6.07, 6.45) is 0. The van der Waals surface area contributed by atoms with Crippen molar-refractivity contribution in [3.8, 4) is 0 Å². The Labute approximate surface area is 171 Å². The average Bonchev–Trinajstić information content (AvgIpc) is 3.17. The van der Waals surface area contributed by atoms with Crippen LogP contribution in [-0.4, -0.2) is 60.9 Å². The smallest absolute Gasteiger partial charge is 0.243 e. The SMILES string of the molecule is O=C(CN1CCN(Cc2ccsc2)CC1)NCC(=O)Nc1ccccc1Br. The molecule has 0 spiro atoms. The lowest BCUT2D eigenvalue weighted by molar-refractivity contribution is -0.125. The quantitative estimate of drug-likeness (QED) is 0.679. The van der Waals surface area contributed by atoms with Crippen LogP contribution in [0.25, 0.3) is 0 Å². The van der Waals surface area contributed by atoms with Crippen LogP contribution in [0.15, 0.2) is 45.6 Å². The van der Waals surface area contributed by atoms with Crippen molar-refractivity contribution in [3.05, 3.63) is 51.1 Å². The minimum absolute atomic E-state index is 0.0295. The van der Waals surface area contributed by atoms with Crippen LogP contribution >= 0.6 is 27.3 Å². The Morgan fingerprint density at radius 1 is 1.04 bits per heavy atom. The first kappa shape index (κ1) is 20.0. The minimum Gasteiger partial charge on any atom is -0.346 e. The van der Waals surface area contributed by atoms with Gasteiger partial charge in [0, 0.05) is 37.2 Å². The zero-order chi connectivity index (χ0) is 19.1. The molecule has 2 amide bonds. The highest BCUT2D eigenvalue weighted by Crippen LogP contribution is 2.20. The maximum Gasteiger partial charge on any atom is 0.243 e. The van der Waals surface area contributed by atoms with Crippen LogP contribution in [0.4, 0.5) is 5.69 Å². The molecule has 0 aliphatic carbocycles. The number of rotatable bonds is 7. The van der Waals surface area contributed by atoms with Gasteiger partial charge in [-0.1, -0.05) is 12.1 Å². The third-order valence-electron chi connectivity index (χ3n) is 4.41. The Kier molecular flexibility index (Phi) is 7.40. The Hall–Kier alpha value is -1.74. The molecule has 144 valence electrons. The van der Waals surface area contributed by atoms with Gasteiger partial charge in [0.15, 0.2) is 0 Å². The molecular formula is C19H23BrN4O2S. The Bertz CT molecular complexity index is 761. The molecule has 1 aromatic carbocycles. The Morgan fingerprint density at radius 2 is 1.78 bits per heavy atom. The third-order valence-corrected chi connectivity index (χ3v) is 5.84. The summed E-state index contributed by atoms with van der Waals surface area (Å²) < 4.78 is 0.810. The van der Waals surface area contributed by atoms with E-state index in [2.05, 4.69) is 53.2 Å². The lowest BCUT2D eigenvalue weighted by atomic mass is 10.2. The standard InChI is InChI=1S/C19H23BrN4O2S/c20-16-3-1-2-4-17(16)22-18(25)11-21-19(26)13-24-8-6-23(7-9-24)12-15-5-10-27-14-15/h1-5,10,14H,6-9,11-13H2,(H,21,26)(H,22,25). The van der Waals surface area contributed by atoms with Gasteiger partial charge in [-0.25, -0.2) is 0 Å². The van der Waals surface area contributed by atoms with Crippen molar-refractivity contribution in [1.82, 2.24) is 15.1 Å². The van der Waals surface area contributed by atoms with E-state index in [0.717, 1.165) is 37.2 Å². The average molecular weight is 451 g/mol. The fourth-order valence-electron chi connectivity index (χ4n) is 2.94. The number of carbonyl (C=O) groups excluding carboxylic acids is 2. The molecule has 1 aliphatic heterocycles. The molecule has 0 radical (unpaired) electrons. The first-order valence-corrected chi connectivity index (χ1v) is 10.6. The summed E-state index contributed by atoms with van der Waals surface area (Å²) in [6, 6.07) is 9.54. The van der Waals surface area contributed by atoms with Crippen LogP contribution in [-0.2, 0) is 16.1 Å². The second-order valence-electron chi connectivity index (χ2n) is 6.49. The van der Waals surface area contributed by atoms with Gasteiger partial charge in [0.1, 0.15) is 0 Å². The summed E-state index contributed by atoms with van der Waals surface area (Å²) in [5.41, 5.74) is 2.04. The van der Waals surface area contributed by atoms with E-state index in [1.807, 2.05) is 18.2 Å². The van der Waals surface area contributed by atoms with Crippen LogP contribution in [0.2, 0.25) is 0 Å². The van der Waals surface area contributed by atoms with Crippen LogP contribution in [0, 0.1) is 0 Å². The van der Waals surface area contributed by atoms with E-state index >= 15 is 0 Å². The van der Waals surface area contributed by atoms with E-state index in [0.29, 0.717) is 12.2 Å². The second-order valence-corrected chi connectivity index (χ2v) is 8.12. The molecule has 8 heteroatoms. The van der Waals surface area contributed by atoms with Crippen LogP contribution in [0.3, 0.4) is 0 Å². The number of carbonyl (C=O) groups is 2. The highest BCUT2D eigenvalue weighted by Gasteiger charge is 2.19. The van der Waals surface area contributed by atoms with Crippen LogP contribution in [0.5, 0.6) is 0 Å². The number of nitrogens with one attached hydrogen (secondary N) is 2. The van der Waals surface area contributed by atoms with E-state index in [1.54, 1.807) is 17.4 Å². The fraction of sp³-hybridized carbons (Fsp3) is 0.368. The number of hydrogen-bond donors (Lipinski definition) is 2. The summed E-state index contributed by atoms with van der Waals surface area (Å²) in [5, 5.41) is 9.75. The number of thiophene rings is 1. The number of para-hydroxylation sites is 1. The van der Waals surface area contributed by atoms with Gasteiger partial charge in [-0.3, -0.25) is 19.4 Å². The Morgan fingerprint density at radius 3 is 2.48 bits per heavy atom. The molecule has 0 atom stereocenters. The summed E-state index contributed by atoms with van der Waals surface area (Å²) in [7, 11) is 0. The molecule has 6 nitrogen and oxygen atoms in total. The lowest BCUT2D eigenvalue weighted by Crippen LogP contribution is -2.49. The molecule has 27 heavy (non-hydrogen) atoms. The highest BCUT2D eigenvalue weighted by molar-refractivity contribution is 9.10. The predicted octanol–water partition coefficient (Wildman–Crippen LogP) is 2.38. The number of nitrogens with zero attached hydrogens (tertiary/aromatic N) is 2. The van der Waals surface area contributed by atoms with Crippen molar-refractivity contribution in [3.63, 3.8) is 0 Å². The van der Waals surface area contributed by atoms with Gasteiger partial charge in [0.25, 0.3) is 0 Å². The Balaban J connectivity index is 1.34. The molecule has 2 heterocycles. The highest BCUT2D eigenvalue weighted by atomic mass is 79.9. The summed E-state index contributed by atoms with van der Waals surface area (Å²) in [6.45, 7) is 4.89. The molecule has 0 unspecified atom stereocenters. The van der Waals surface area contributed by atoms with Crippen molar-refractivity contribution >= 4 is 44.8 Å². The number of anilines is 1. The monoisotopic (exact) mass is 450 g/mol. The first-order valence-electron chi connectivity index (χ1n) is 8.87. The van der Waals surface area contributed by atoms with Crippen molar-refractivity contribution < 1.29 is 9.59 Å². The van der Waals surface area contributed by atoms with Gasteiger partial charge in [-0.2, -0.15) is 11.3 Å². The van der Waals surface area contributed by atoms with Crippen molar-refractivity contribution in [2.75, 3.05) is 44.6 Å². The maximum absolute atomic E-state index is 12.1. The molecule has 1 saturated heterocycles. The minimum atomic E-state index is -0.240. The van der Waals surface area contributed by atoms with Gasteiger partial charge >= 0.3 is 0 Å². The van der Waals surface area contributed by atoms with Gasteiger partial charge < -0.3 is 10.6 Å². The molecule has 3 rings (SSSR count). The molecule has 2 aromatic rings. The van der Waals surface area contributed by atoms with E-state index in [-0.39, 0.29) is 18.4 Å². The summed E-state index contributed by atoms with van der Waals surface area (Å²) in [5.74, 6) is -0.362. The normalized spacial score (nSPS) is 15.4. The molecular weight excluding hydrogens is 428 g/mol. The fourth-order valence-corrected chi connectivity index (χ4v) is 3.98. The number of amides is 2. The molecule has 0 bridgehead atoms. The van der Waals surface area contributed by atoms with Gasteiger partial charge in [0.2, 0.25) is 11.8 Å². The zero-order valence-corrected chi connectivity index (χ0v) is 17.4. The zero-order valence-electron chi connectivity index (χ0n) is 15.0. The lowest BCUT2D eigenvalue weighted by Gasteiger charge is -2.34. The first-order chi connectivity index (χ1) is 13.1. The summed E-state index contributed by atoms with van der Waals surface area (Å²) in [4.78, 5) is 28.6. The summed E-state index contributed by atoms with van der Waals surface area (Å²) >= 11 is 5.10. The van der Waals surface area contributed by atoms with E-state index in [9.17, 15) is 9.59 Å². The predicted molar refractivity (Wildman–Crippen MR) is 112 cm³/mol. The van der Waals surface area contributed by atoms with Crippen molar-refractivity contribution in [1.29, 1.82) is 0 Å². The molecule has 0 saturated carbocycles. The largest absolute Gasteiger partial charge is 0.346 e. The van der Waals surface area contributed by atoms with Crippen molar-refractivity contribution in [2.45, 2.75) is 6.54 Å². The molecule has 1 aliphatic rings. The number of hydrogen-bond acceptors (Lipinski definition) is 5. The van der Waals surface area contributed by atoms with Crippen molar-refractivity contribution in [2.24, 2.45) is 0 Å². The van der Waals surface area contributed by atoms with Gasteiger partial charge in [0.05, 0.1) is 18.8 Å². The molecule has 1 aromatic heterocycles. The second kappa shape index (κ2) is 9.98. The molecule has 2 N–H and O–H groups in total. The number of benzene rings is 1. The van der Waals surface area contributed by atoms with Crippen LogP contribution in [0.1, 0.15) is 5.56 Å². The van der Waals surface area contributed by atoms with Crippen LogP contribution < -0.4 is 10.6 Å². The van der Waals surface area contributed by atoms with E-state index in [1.165, 1.54) is 5.56 Å². The van der Waals surface area contributed by atoms with E-state index in [4.69, 9.17) is 0 Å². The topological polar surface area (TPSA) is 64.7 Å². The molecule has 1 fully saturated rings. The number of piperazine rings is 1. The number of halogens is 1. The van der Waals surface area contributed by atoms with Gasteiger partial charge in [-0.15, -0.1) is 0 Å². The van der Waals surface area contributed by atoms with E-state index < -0.39 is 0 Å². The van der Waals surface area contributed by atoms with Gasteiger partial charge in [-0.05, 0) is 50.5 Å². The maximum atomic E-state index is 12.1. The third kappa shape index (κ3) is 6.42.